The van der Waals surface area contributed by atoms with Gasteiger partial charge in [0.2, 0.25) is 0 Å². The van der Waals surface area contributed by atoms with E-state index < -0.39 is 0 Å². The number of hydrogen-bond donors (Lipinski definition) is 3. The van der Waals surface area contributed by atoms with Gasteiger partial charge >= 0.3 is 0 Å². The third-order valence-corrected chi connectivity index (χ3v) is 2.66. The van der Waals surface area contributed by atoms with Gasteiger partial charge in [-0.25, -0.2) is 4.39 Å². The smallest absolute Gasteiger partial charge is 0.253 e. The van der Waals surface area contributed by atoms with Crippen LogP contribution >= 0.6 is 0 Å². The maximum atomic E-state index is 13.6. The van der Waals surface area contributed by atoms with Gasteiger partial charge in [-0.1, -0.05) is 12.1 Å². The van der Waals surface area contributed by atoms with E-state index in [1.54, 1.807) is 36.4 Å². The normalized spacial score (nSPS) is 10.0. The average Bonchev–Trinajstić information content (AvgIpc) is 2.42. The molecular formula is C14H14FN3O. The number of rotatable bonds is 3. The average molecular weight is 259 g/mol. The maximum absolute atomic E-state index is 13.6. The molecule has 0 saturated heterocycles. The summed E-state index contributed by atoms with van der Waals surface area (Å²) in [6, 6.07) is 11.1. The van der Waals surface area contributed by atoms with E-state index in [1.807, 2.05) is 0 Å². The summed E-state index contributed by atoms with van der Waals surface area (Å²) in [6.45, 7) is 0. The number of halogens is 1. The zero-order valence-corrected chi connectivity index (χ0v) is 10.4. The van der Waals surface area contributed by atoms with E-state index in [9.17, 15) is 9.18 Å². The van der Waals surface area contributed by atoms with Crippen molar-refractivity contribution < 1.29 is 9.18 Å². The van der Waals surface area contributed by atoms with Crippen molar-refractivity contribution in [2.24, 2.45) is 0 Å². The Labute approximate surface area is 110 Å². The molecule has 1 amide bonds. The highest BCUT2D eigenvalue weighted by atomic mass is 19.1. The summed E-state index contributed by atoms with van der Waals surface area (Å²) >= 11 is 0. The van der Waals surface area contributed by atoms with Gasteiger partial charge in [-0.15, -0.1) is 0 Å². The lowest BCUT2D eigenvalue weighted by Gasteiger charge is -2.12. The second-order valence-electron chi connectivity index (χ2n) is 3.99. The Hall–Kier alpha value is -2.56. The van der Waals surface area contributed by atoms with Crippen LogP contribution in [-0.2, 0) is 0 Å². The molecule has 0 aliphatic carbocycles. The van der Waals surface area contributed by atoms with E-state index in [0.29, 0.717) is 22.6 Å². The quantitative estimate of drug-likeness (QED) is 0.742. The Bertz CT molecular complexity index is 613. The molecule has 5 heteroatoms. The molecule has 0 heterocycles. The summed E-state index contributed by atoms with van der Waals surface area (Å²) in [6.07, 6.45) is 0. The number of para-hydroxylation sites is 1. The molecule has 2 aromatic carbocycles. The van der Waals surface area contributed by atoms with Gasteiger partial charge in [0.15, 0.2) is 0 Å². The number of nitrogen functional groups attached to an aromatic ring is 1. The predicted octanol–water partition coefficient (Wildman–Crippen LogP) is 2.51. The molecule has 0 atom stereocenters. The highest BCUT2D eigenvalue weighted by molar-refractivity contribution is 6.01. The van der Waals surface area contributed by atoms with Crippen LogP contribution in [0.15, 0.2) is 42.5 Å². The molecule has 0 aliphatic heterocycles. The molecule has 19 heavy (non-hydrogen) atoms. The molecule has 98 valence electrons. The van der Waals surface area contributed by atoms with Crippen LogP contribution < -0.4 is 16.4 Å². The first-order valence-electron chi connectivity index (χ1n) is 5.75. The number of anilines is 3. The summed E-state index contributed by atoms with van der Waals surface area (Å²) < 4.78 is 13.6. The number of amides is 1. The van der Waals surface area contributed by atoms with Crippen LogP contribution in [0.1, 0.15) is 10.4 Å². The molecule has 0 spiro atoms. The molecule has 0 radical (unpaired) electrons. The minimum Gasteiger partial charge on any atom is -0.399 e. The standard InChI is InChI=1S/C14H14FN3O/c1-17-14(19)10-8-9(16)6-7-12(10)18-13-5-3-2-4-11(13)15/h2-8,18H,16H2,1H3,(H,17,19). The zero-order valence-electron chi connectivity index (χ0n) is 10.4. The molecule has 0 bridgehead atoms. The van der Waals surface area contributed by atoms with Crippen LogP contribution in [0.25, 0.3) is 0 Å². The number of carbonyl (C=O) groups excluding carboxylic acids is 1. The lowest BCUT2D eigenvalue weighted by atomic mass is 10.1. The predicted molar refractivity (Wildman–Crippen MR) is 73.9 cm³/mol. The molecule has 4 nitrogen and oxygen atoms in total. The van der Waals surface area contributed by atoms with Gasteiger partial charge in [-0.2, -0.15) is 0 Å². The van der Waals surface area contributed by atoms with E-state index in [0.717, 1.165) is 0 Å². The van der Waals surface area contributed by atoms with E-state index in [1.165, 1.54) is 13.1 Å². The number of hydrogen-bond acceptors (Lipinski definition) is 3. The van der Waals surface area contributed by atoms with Gasteiger partial charge in [-0.3, -0.25) is 4.79 Å². The van der Waals surface area contributed by atoms with Crippen LogP contribution in [0.2, 0.25) is 0 Å². The topological polar surface area (TPSA) is 67.2 Å². The largest absolute Gasteiger partial charge is 0.399 e. The van der Waals surface area contributed by atoms with Crippen molar-refractivity contribution in [2.45, 2.75) is 0 Å². The number of nitrogens with two attached hydrogens (primary N) is 1. The fourth-order valence-electron chi connectivity index (χ4n) is 1.70. The molecule has 0 fully saturated rings. The van der Waals surface area contributed by atoms with Crippen molar-refractivity contribution in [1.82, 2.24) is 5.32 Å². The molecule has 0 saturated carbocycles. The first kappa shape index (κ1) is 12.9. The van der Waals surface area contributed by atoms with Crippen molar-refractivity contribution in [2.75, 3.05) is 18.1 Å². The van der Waals surface area contributed by atoms with Gasteiger partial charge in [-0.05, 0) is 30.3 Å². The molecule has 0 aliphatic rings. The summed E-state index contributed by atoms with van der Waals surface area (Å²) in [5.41, 5.74) is 7.30. The van der Waals surface area contributed by atoms with Gasteiger partial charge in [0.25, 0.3) is 5.91 Å². The number of benzene rings is 2. The monoisotopic (exact) mass is 259 g/mol. The van der Waals surface area contributed by atoms with E-state index in [2.05, 4.69) is 10.6 Å². The van der Waals surface area contributed by atoms with Crippen molar-refractivity contribution in [3.05, 3.63) is 53.8 Å². The van der Waals surface area contributed by atoms with Crippen molar-refractivity contribution in [3.8, 4) is 0 Å². The first-order chi connectivity index (χ1) is 9.11. The van der Waals surface area contributed by atoms with Crippen molar-refractivity contribution in [1.29, 1.82) is 0 Å². The summed E-state index contributed by atoms with van der Waals surface area (Å²) in [7, 11) is 1.53. The van der Waals surface area contributed by atoms with Gasteiger partial charge in [0.1, 0.15) is 5.82 Å². The highest BCUT2D eigenvalue weighted by Gasteiger charge is 2.11. The summed E-state index contributed by atoms with van der Waals surface area (Å²) in [5.74, 6) is -0.673. The Morgan fingerprint density at radius 2 is 1.89 bits per heavy atom. The molecular weight excluding hydrogens is 245 g/mol. The van der Waals surface area contributed by atoms with Crippen LogP contribution in [0.5, 0.6) is 0 Å². The fraction of sp³-hybridized carbons (Fsp3) is 0.0714. The third-order valence-electron chi connectivity index (χ3n) is 2.66. The first-order valence-corrected chi connectivity index (χ1v) is 5.75. The second-order valence-corrected chi connectivity index (χ2v) is 3.99. The summed E-state index contributed by atoms with van der Waals surface area (Å²) in [4.78, 5) is 11.8. The minimum absolute atomic E-state index is 0.286. The van der Waals surface area contributed by atoms with Gasteiger partial charge in [0, 0.05) is 12.7 Å². The molecule has 2 aromatic rings. The molecule has 4 N–H and O–H groups in total. The van der Waals surface area contributed by atoms with E-state index in [-0.39, 0.29) is 11.7 Å². The maximum Gasteiger partial charge on any atom is 0.253 e. The highest BCUT2D eigenvalue weighted by Crippen LogP contribution is 2.24. The molecule has 0 unspecified atom stereocenters. The SMILES string of the molecule is CNC(=O)c1cc(N)ccc1Nc1ccccc1F. The number of carbonyl (C=O) groups is 1. The van der Waals surface area contributed by atoms with Crippen molar-refractivity contribution >= 4 is 23.0 Å². The van der Waals surface area contributed by atoms with E-state index >= 15 is 0 Å². The lowest BCUT2D eigenvalue weighted by molar-refractivity contribution is 0.0964. The van der Waals surface area contributed by atoms with Crippen molar-refractivity contribution in [3.63, 3.8) is 0 Å². The Morgan fingerprint density at radius 1 is 1.16 bits per heavy atom. The molecule has 0 aromatic heterocycles. The van der Waals surface area contributed by atoms with Gasteiger partial charge < -0.3 is 16.4 Å². The summed E-state index contributed by atoms with van der Waals surface area (Å²) in [5, 5.41) is 5.41. The van der Waals surface area contributed by atoms with E-state index in [4.69, 9.17) is 5.73 Å². The molecule has 2 rings (SSSR count). The second kappa shape index (κ2) is 5.39. The Balaban J connectivity index is 2.40. The Kier molecular flexibility index (Phi) is 3.66. The third kappa shape index (κ3) is 2.82. The van der Waals surface area contributed by atoms with Crippen LogP contribution in [0.4, 0.5) is 21.5 Å². The number of nitrogens with one attached hydrogen (secondary N) is 2. The van der Waals surface area contributed by atoms with Crippen LogP contribution in [0, 0.1) is 5.82 Å². The van der Waals surface area contributed by atoms with Crippen LogP contribution in [-0.4, -0.2) is 13.0 Å². The zero-order chi connectivity index (χ0) is 13.8. The van der Waals surface area contributed by atoms with Gasteiger partial charge in [0.05, 0.1) is 16.9 Å². The lowest BCUT2D eigenvalue weighted by Crippen LogP contribution is -2.19. The fourth-order valence-corrected chi connectivity index (χ4v) is 1.70. The minimum atomic E-state index is -0.387. The Morgan fingerprint density at radius 3 is 2.58 bits per heavy atom. The van der Waals surface area contributed by atoms with Crippen LogP contribution in [0.3, 0.4) is 0 Å².